The maximum absolute atomic E-state index is 12.1. The van der Waals surface area contributed by atoms with Crippen LogP contribution >= 0.6 is 15.9 Å². The van der Waals surface area contributed by atoms with Gasteiger partial charge in [-0.25, -0.2) is 9.79 Å². The summed E-state index contributed by atoms with van der Waals surface area (Å²) in [5.74, 6) is 1.18. The second-order valence-corrected chi connectivity index (χ2v) is 6.07. The third-order valence-electron chi connectivity index (χ3n) is 3.59. The Morgan fingerprint density at radius 1 is 1.04 bits per heavy atom. The van der Waals surface area contributed by atoms with Gasteiger partial charge in [0, 0.05) is 4.47 Å². The minimum atomic E-state index is -0.476. The number of cyclic esters (lactones) is 1. The van der Waals surface area contributed by atoms with Gasteiger partial charge in [-0.2, -0.15) is 0 Å². The quantitative estimate of drug-likeness (QED) is 0.585. The van der Waals surface area contributed by atoms with E-state index in [2.05, 4.69) is 20.9 Å². The van der Waals surface area contributed by atoms with Crippen LogP contribution in [-0.4, -0.2) is 25.1 Å². The van der Waals surface area contributed by atoms with Crippen molar-refractivity contribution in [2.45, 2.75) is 0 Å². The fraction of sp³-hybridized carbons (Fsp3) is 0.111. The Morgan fingerprint density at radius 3 is 2.67 bits per heavy atom. The monoisotopic (exact) mass is 385 g/mol. The fourth-order valence-corrected chi connectivity index (χ4v) is 2.92. The Labute approximate surface area is 146 Å². The Balaban J connectivity index is 1.67. The van der Waals surface area contributed by atoms with Gasteiger partial charge in [0.2, 0.25) is 5.90 Å². The maximum Gasteiger partial charge on any atom is 0.363 e. The van der Waals surface area contributed by atoms with E-state index >= 15 is 0 Å². The van der Waals surface area contributed by atoms with Gasteiger partial charge < -0.3 is 14.2 Å². The Morgan fingerprint density at radius 2 is 1.83 bits per heavy atom. The van der Waals surface area contributed by atoms with Crippen LogP contribution in [0.5, 0.6) is 11.5 Å². The van der Waals surface area contributed by atoms with E-state index < -0.39 is 5.97 Å². The van der Waals surface area contributed by atoms with Gasteiger partial charge in [0.25, 0.3) is 0 Å². The lowest BCUT2D eigenvalue weighted by Gasteiger charge is -2.18. The molecule has 0 aromatic heterocycles. The van der Waals surface area contributed by atoms with Gasteiger partial charge >= 0.3 is 5.97 Å². The summed E-state index contributed by atoms with van der Waals surface area (Å²) in [5, 5.41) is 0. The van der Waals surface area contributed by atoms with Crippen molar-refractivity contribution in [3.8, 4) is 11.5 Å². The van der Waals surface area contributed by atoms with E-state index in [-0.39, 0.29) is 11.6 Å². The van der Waals surface area contributed by atoms with Crippen LogP contribution in [0.4, 0.5) is 0 Å². The number of nitrogens with zero attached hydrogens (tertiary/aromatic N) is 1. The molecule has 0 bridgehead atoms. The molecule has 0 unspecified atom stereocenters. The van der Waals surface area contributed by atoms with Gasteiger partial charge in [0.15, 0.2) is 17.2 Å². The fourth-order valence-electron chi connectivity index (χ4n) is 2.47. The first kappa shape index (κ1) is 15.0. The molecule has 0 radical (unpaired) electrons. The van der Waals surface area contributed by atoms with E-state index in [1.54, 1.807) is 6.08 Å². The van der Waals surface area contributed by atoms with Crippen LogP contribution in [0.25, 0.3) is 6.08 Å². The van der Waals surface area contributed by atoms with Crippen LogP contribution < -0.4 is 9.47 Å². The highest BCUT2D eigenvalue weighted by Gasteiger charge is 2.25. The molecule has 2 aliphatic heterocycles. The Bertz CT molecular complexity index is 888. The summed E-state index contributed by atoms with van der Waals surface area (Å²) in [6.07, 6.45) is 1.67. The SMILES string of the molecule is O=C1OC(c2ccccc2Br)=N/C1=C\c1ccc2c(c1)OCCO2. The van der Waals surface area contributed by atoms with Crippen LogP contribution in [-0.2, 0) is 9.53 Å². The molecule has 0 saturated heterocycles. The lowest BCUT2D eigenvalue weighted by atomic mass is 10.1. The lowest BCUT2D eigenvalue weighted by Crippen LogP contribution is -2.15. The summed E-state index contributed by atoms with van der Waals surface area (Å²) in [6.45, 7) is 1.05. The molecule has 0 amide bonds. The summed E-state index contributed by atoms with van der Waals surface area (Å²) in [7, 11) is 0. The number of carbonyl (C=O) groups excluding carboxylic acids is 1. The molecular formula is C18H12BrNO4. The molecule has 0 aliphatic carbocycles. The lowest BCUT2D eigenvalue weighted by molar-refractivity contribution is -0.129. The van der Waals surface area contributed by atoms with Crippen molar-refractivity contribution < 1.29 is 19.0 Å². The minimum Gasteiger partial charge on any atom is -0.486 e. The standard InChI is InChI=1S/C18H12BrNO4/c19-13-4-2-1-3-12(13)17-20-14(18(21)24-17)9-11-5-6-15-16(10-11)23-8-7-22-15/h1-6,9-10H,7-8H2/b14-9-. The van der Waals surface area contributed by atoms with Crippen molar-refractivity contribution in [2.24, 2.45) is 4.99 Å². The van der Waals surface area contributed by atoms with Crippen molar-refractivity contribution in [3.05, 3.63) is 63.8 Å². The molecule has 2 aromatic rings. The number of aliphatic imine (C=N–C) groups is 1. The van der Waals surface area contributed by atoms with E-state index in [1.807, 2.05) is 42.5 Å². The number of carbonyl (C=O) groups is 1. The number of fused-ring (bicyclic) bond motifs is 1. The van der Waals surface area contributed by atoms with Crippen LogP contribution in [0.3, 0.4) is 0 Å². The van der Waals surface area contributed by atoms with E-state index in [0.717, 1.165) is 15.6 Å². The highest BCUT2D eigenvalue weighted by Crippen LogP contribution is 2.32. The van der Waals surface area contributed by atoms with E-state index in [9.17, 15) is 4.79 Å². The summed E-state index contributed by atoms with van der Waals surface area (Å²) in [5.41, 5.74) is 1.78. The molecule has 2 heterocycles. The molecule has 0 spiro atoms. The second kappa shape index (κ2) is 6.13. The second-order valence-electron chi connectivity index (χ2n) is 5.22. The van der Waals surface area contributed by atoms with E-state index in [1.165, 1.54) is 0 Å². The average molecular weight is 386 g/mol. The number of esters is 1. The third-order valence-corrected chi connectivity index (χ3v) is 4.29. The predicted molar refractivity (Wildman–Crippen MR) is 92.2 cm³/mol. The summed E-state index contributed by atoms with van der Waals surface area (Å²) < 4.78 is 17.1. The number of halogens is 1. The van der Waals surface area contributed by atoms with Crippen molar-refractivity contribution >= 4 is 33.9 Å². The third kappa shape index (κ3) is 2.80. The van der Waals surface area contributed by atoms with Gasteiger partial charge in [-0.15, -0.1) is 0 Å². The smallest absolute Gasteiger partial charge is 0.363 e. The number of benzene rings is 2. The molecule has 2 aromatic carbocycles. The summed E-state index contributed by atoms with van der Waals surface area (Å²) in [6, 6.07) is 12.9. The zero-order chi connectivity index (χ0) is 16.5. The minimum absolute atomic E-state index is 0.248. The average Bonchev–Trinajstić information content (AvgIpc) is 2.96. The molecular weight excluding hydrogens is 374 g/mol. The number of hydrogen-bond acceptors (Lipinski definition) is 5. The van der Waals surface area contributed by atoms with Gasteiger partial charge in [0.05, 0.1) is 5.56 Å². The van der Waals surface area contributed by atoms with Crippen molar-refractivity contribution in [3.63, 3.8) is 0 Å². The zero-order valence-corrected chi connectivity index (χ0v) is 14.1. The zero-order valence-electron chi connectivity index (χ0n) is 12.5. The van der Waals surface area contributed by atoms with Crippen molar-refractivity contribution in [1.82, 2.24) is 0 Å². The molecule has 0 saturated carbocycles. The predicted octanol–water partition coefficient (Wildman–Crippen LogP) is 3.56. The normalized spacial score (nSPS) is 17.6. The van der Waals surface area contributed by atoms with Crippen molar-refractivity contribution in [1.29, 1.82) is 0 Å². The topological polar surface area (TPSA) is 57.1 Å². The first-order chi connectivity index (χ1) is 11.7. The summed E-state index contributed by atoms with van der Waals surface area (Å²) in [4.78, 5) is 16.4. The molecule has 4 rings (SSSR count). The number of hydrogen-bond donors (Lipinski definition) is 0. The van der Waals surface area contributed by atoms with Gasteiger partial charge in [-0.1, -0.05) is 18.2 Å². The van der Waals surface area contributed by atoms with E-state index in [4.69, 9.17) is 14.2 Å². The largest absolute Gasteiger partial charge is 0.486 e. The van der Waals surface area contributed by atoms with Gasteiger partial charge in [-0.3, -0.25) is 0 Å². The Hall–Kier alpha value is -2.60. The van der Waals surface area contributed by atoms with Crippen LogP contribution in [0.15, 0.2) is 57.6 Å². The maximum atomic E-state index is 12.1. The highest BCUT2D eigenvalue weighted by atomic mass is 79.9. The molecule has 0 fully saturated rings. The van der Waals surface area contributed by atoms with Crippen LogP contribution in [0, 0.1) is 0 Å². The van der Waals surface area contributed by atoms with Crippen molar-refractivity contribution in [2.75, 3.05) is 13.2 Å². The van der Waals surface area contributed by atoms with Gasteiger partial charge in [0.1, 0.15) is 13.2 Å². The number of rotatable bonds is 2. The molecule has 24 heavy (non-hydrogen) atoms. The first-order valence-corrected chi connectivity index (χ1v) is 8.17. The molecule has 120 valence electrons. The molecule has 6 heteroatoms. The molecule has 0 N–H and O–H groups in total. The molecule has 2 aliphatic rings. The van der Waals surface area contributed by atoms with Gasteiger partial charge in [-0.05, 0) is 51.8 Å². The van der Waals surface area contributed by atoms with Crippen LogP contribution in [0.1, 0.15) is 11.1 Å². The van der Waals surface area contributed by atoms with E-state index in [0.29, 0.717) is 24.7 Å². The van der Waals surface area contributed by atoms with Crippen LogP contribution in [0.2, 0.25) is 0 Å². The number of ether oxygens (including phenoxy) is 3. The highest BCUT2D eigenvalue weighted by molar-refractivity contribution is 9.10. The molecule has 0 atom stereocenters. The first-order valence-electron chi connectivity index (χ1n) is 7.38. The Kier molecular flexibility index (Phi) is 3.82. The molecule has 5 nitrogen and oxygen atoms in total. The summed E-state index contributed by atoms with van der Waals surface area (Å²) >= 11 is 3.43.